The number of allylic oxidation sites excluding steroid dienone is 1. The van der Waals surface area contributed by atoms with E-state index in [1.165, 1.54) is 25.3 Å². The smallest absolute Gasteiger partial charge is 0.402 e. The Balaban J connectivity index is 2.37. The second-order valence-electron chi connectivity index (χ2n) is 5.96. The average molecular weight is 395 g/mol. The SMILES string of the molecule is C/C(N)=C(\C=O)C(CO)=Nc1ccnc(Cc2cc(F)cc(C(F)(F)F)c2)c1. The molecule has 0 atom stereocenters. The second kappa shape index (κ2) is 8.75. The highest BCUT2D eigenvalue weighted by molar-refractivity contribution is 6.16. The van der Waals surface area contributed by atoms with Crippen LogP contribution < -0.4 is 5.73 Å². The zero-order valence-electron chi connectivity index (χ0n) is 14.8. The van der Waals surface area contributed by atoms with Crippen LogP contribution in [0.5, 0.6) is 0 Å². The number of aromatic nitrogens is 1. The van der Waals surface area contributed by atoms with Crippen LogP contribution in [-0.2, 0) is 17.4 Å². The Morgan fingerprint density at radius 1 is 1.29 bits per heavy atom. The first kappa shape index (κ1) is 21.2. The molecule has 0 radical (unpaired) electrons. The van der Waals surface area contributed by atoms with Gasteiger partial charge in [0.2, 0.25) is 0 Å². The second-order valence-corrected chi connectivity index (χ2v) is 5.96. The summed E-state index contributed by atoms with van der Waals surface area (Å²) in [4.78, 5) is 19.3. The van der Waals surface area contributed by atoms with Crippen LogP contribution in [0.1, 0.15) is 23.7 Å². The summed E-state index contributed by atoms with van der Waals surface area (Å²) in [5.41, 5.74) is 5.50. The van der Waals surface area contributed by atoms with Crippen molar-refractivity contribution in [2.45, 2.75) is 19.5 Å². The van der Waals surface area contributed by atoms with Crippen molar-refractivity contribution in [2.75, 3.05) is 6.61 Å². The van der Waals surface area contributed by atoms with Crippen LogP contribution in [0.3, 0.4) is 0 Å². The number of nitrogens with two attached hydrogens (primary N) is 1. The quantitative estimate of drug-likeness (QED) is 0.340. The number of hydrogen-bond acceptors (Lipinski definition) is 5. The van der Waals surface area contributed by atoms with Crippen molar-refractivity contribution in [1.29, 1.82) is 0 Å². The van der Waals surface area contributed by atoms with E-state index in [0.29, 0.717) is 23.7 Å². The number of aliphatic hydroxyl groups is 1. The lowest BCUT2D eigenvalue weighted by atomic mass is 10.0. The minimum absolute atomic E-state index is 0.0391. The van der Waals surface area contributed by atoms with Gasteiger partial charge in [0, 0.05) is 24.0 Å². The van der Waals surface area contributed by atoms with E-state index >= 15 is 0 Å². The Hall–Kier alpha value is -3.07. The van der Waals surface area contributed by atoms with Crippen molar-refractivity contribution >= 4 is 17.7 Å². The van der Waals surface area contributed by atoms with E-state index in [9.17, 15) is 27.5 Å². The lowest BCUT2D eigenvalue weighted by Crippen LogP contribution is -2.14. The van der Waals surface area contributed by atoms with Crippen LogP contribution >= 0.6 is 0 Å². The highest BCUT2D eigenvalue weighted by Gasteiger charge is 2.31. The predicted molar refractivity (Wildman–Crippen MR) is 95.6 cm³/mol. The van der Waals surface area contributed by atoms with Gasteiger partial charge in [0.1, 0.15) is 5.82 Å². The maximum atomic E-state index is 13.5. The number of pyridine rings is 1. The van der Waals surface area contributed by atoms with Gasteiger partial charge in [-0.25, -0.2) is 4.39 Å². The van der Waals surface area contributed by atoms with E-state index < -0.39 is 24.2 Å². The van der Waals surface area contributed by atoms with Gasteiger partial charge >= 0.3 is 6.18 Å². The van der Waals surface area contributed by atoms with Crippen LogP contribution in [-0.4, -0.2) is 28.7 Å². The third kappa shape index (κ3) is 5.46. The molecule has 0 fully saturated rings. The summed E-state index contributed by atoms with van der Waals surface area (Å²) >= 11 is 0. The molecule has 0 amide bonds. The monoisotopic (exact) mass is 395 g/mol. The van der Waals surface area contributed by atoms with Crippen LogP contribution in [0.4, 0.5) is 23.2 Å². The normalized spacial score (nSPS) is 13.3. The molecule has 5 nitrogen and oxygen atoms in total. The molecule has 2 aromatic rings. The molecule has 1 aromatic heterocycles. The number of carbonyl (C=O) groups is 1. The molecular weight excluding hydrogens is 378 g/mol. The Morgan fingerprint density at radius 2 is 2.00 bits per heavy atom. The number of aldehydes is 1. The van der Waals surface area contributed by atoms with E-state index in [4.69, 9.17) is 5.73 Å². The molecule has 3 N–H and O–H groups in total. The van der Waals surface area contributed by atoms with E-state index in [1.807, 2.05) is 0 Å². The largest absolute Gasteiger partial charge is 0.416 e. The van der Waals surface area contributed by atoms with Crippen molar-refractivity contribution in [3.05, 3.63) is 70.4 Å². The van der Waals surface area contributed by atoms with Gasteiger partial charge < -0.3 is 10.8 Å². The summed E-state index contributed by atoms with van der Waals surface area (Å²) in [5.74, 6) is -0.999. The Labute approximate surface area is 158 Å². The van der Waals surface area contributed by atoms with Crippen LogP contribution in [0, 0.1) is 5.82 Å². The number of alkyl halides is 3. The minimum Gasteiger partial charge on any atom is -0.402 e. The number of rotatable bonds is 6. The van der Waals surface area contributed by atoms with Crippen molar-refractivity contribution in [3.8, 4) is 0 Å². The Bertz CT molecular complexity index is 933. The van der Waals surface area contributed by atoms with Gasteiger partial charge in [0.05, 0.1) is 29.1 Å². The zero-order chi connectivity index (χ0) is 20.9. The molecule has 0 aliphatic rings. The molecule has 0 aliphatic heterocycles. The number of hydrogen-bond donors (Lipinski definition) is 2. The standard InChI is InChI=1S/C19H17F4N3O2/c1-11(24)17(9-27)18(10-28)26-15-2-3-25-16(8-15)6-12-4-13(19(21,22)23)7-14(20)5-12/h2-5,7-9,28H,6,10,24H2,1H3/b17-11-,26-18?. The highest BCUT2D eigenvalue weighted by Crippen LogP contribution is 2.31. The topological polar surface area (TPSA) is 88.6 Å². The molecule has 1 aromatic carbocycles. The number of halogens is 4. The molecule has 0 bridgehead atoms. The van der Waals surface area contributed by atoms with Crippen LogP contribution in [0.15, 0.2) is 52.8 Å². The third-order valence-electron chi connectivity index (χ3n) is 3.74. The zero-order valence-corrected chi connectivity index (χ0v) is 14.8. The number of nitrogens with zero attached hydrogens (tertiary/aromatic N) is 2. The molecule has 0 spiro atoms. The average Bonchev–Trinajstić information content (AvgIpc) is 2.60. The van der Waals surface area contributed by atoms with Gasteiger partial charge in [0.15, 0.2) is 6.29 Å². The van der Waals surface area contributed by atoms with E-state index in [0.717, 1.165) is 12.1 Å². The van der Waals surface area contributed by atoms with Gasteiger partial charge in [-0.05, 0) is 42.8 Å². The molecular formula is C19H17F4N3O2. The number of aliphatic hydroxyl groups excluding tert-OH is 1. The predicted octanol–water partition coefficient (Wildman–Crippen LogP) is 3.33. The van der Waals surface area contributed by atoms with Gasteiger partial charge in [-0.2, -0.15) is 13.2 Å². The minimum atomic E-state index is -4.66. The molecule has 9 heteroatoms. The summed E-state index contributed by atoms with van der Waals surface area (Å²) in [7, 11) is 0. The summed E-state index contributed by atoms with van der Waals surface area (Å²) in [6.45, 7) is 0.939. The van der Waals surface area contributed by atoms with Crippen molar-refractivity contribution in [2.24, 2.45) is 10.7 Å². The highest BCUT2D eigenvalue weighted by atomic mass is 19.4. The summed E-state index contributed by atoms with van der Waals surface area (Å²) < 4.78 is 52.1. The Morgan fingerprint density at radius 3 is 2.57 bits per heavy atom. The fourth-order valence-electron chi connectivity index (χ4n) is 2.48. The molecule has 2 rings (SSSR count). The molecule has 0 saturated carbocycles. The number of aliphatic imine (C=N–C) groups is 1. The summed E-state index contributed by atoms with van der Waals surface area (Å²) in [6, 6.07) is 5.22. The first-order valence-corrected chi connectivity index (χ1v) is 8.06. The van der Waals surface area contributed by atoms with Crippen molar-refractivity contribution in [1.82, 2.24) is 4.98 Å². The van der Waals surface area contributed by atoms with Crippen LogP contribution in [0.2, 0.25) is 0 Å². The maximum absolute atomic E-state index is 13.5. The molecule has 0 unspecified atom stereocenters. The molecule has 28 heavy (non-hydrogen) atoms. The van der Waals surface area contributed by atoms with E-state index in [1.54, 1.807) is 0 Å². The molecule has 0 saturated heterocycles. The first-order valence-electron chi connectivity index (χ1n) is 8.06. The number of carbonyl (C=O) groups excluding carboxylic acids is 1. The lowest BCUT2D eigenvalue weighted by Gasteiger charge is -2.10. The van der Waals surface area contributed by atoms with E-state index in [-0.39, 0.29) is 29.0 Å². The fourth-order valence-corrected chi connectivity index (χ4v) is 2.48. The Kier molecular flexibility index (Phi) is 6.63. The van der Waals surface area contributed by atoms with Crippen molar-refractivity contribution < 1.29 is 27.5 Å². The van der Waals surface area contributed by atoms with Gasteiger partial charge in [-0.3, -0.25) is 14.8 Å². The summed E-state index contributed by atoms with van der Waals surface area (Å²) in [6.07, 6.45) is -2.89. The maximum Gasteiger partial charge on any atom is 0.416 e. The third-order valence-corrected chi connectivity index (χ3v) is 3.74. The van der Waals surface area contributed by atoms with Gasteiger partial charge in [-0.1, -0.05) is 0 Å². The van der Waals surface area contributed by atoms with Crippen LogP contribution in [0.25, 0.3) is 0 Å². The first-order chi connectivity index (χ1) is 13.1. The van der Waals surface area contributed by atoms with E-state index in [2.05, 4.69) is 9.98 Å². The summed E-state index contributed by atoms with van der Waals surface area (Å²) in [5, 5.41) is 9.44. The molecule has 1 heterocycles. The molecule has 0 aliphatic carbocycles. The van der Waals surface area contributed by atoms with Crippen molar-refractivity contribution in [3.63, 3.8) is 0 Å². The molecule has 148 valence electrons. The van der Waals surface area contributed by atoms with Gasteiger partial charge in [0.25, 0.3) is 0 Å². The lowest BCUT2D eigenvalue weighted by molar-refractivity contribution is -0.137. The number of benzene rings is 1. The van der Waals surface area contributed by atoms with Gasteiger partial charge in [-0.15, -0.1) is 0 Å². The fraction of sp³-hybridized carbons (Fsp3) is 0.211.